The Labute approximate surface area is 97.7 Å². The van der Waals surface area contributed by atoms with Crippen LogP contribution in [0.25, 0.3) is 0 Å². The molecule has 0 saturated heterocycles. The molecule has 0 aliphatic carbocycles. The Morgan fingerprint density at radius 3 is 1.93 bits per heavy atom. The van der Waals surface area contributed by atoms with E-state index < -0.39 is 0 Å². The normalized spacial score (nSPS) is 10.3. The molecule has 0 bridgehead atoms. The van der Waals surface area contributed by atoms with Gasteiger partial charge in [0.1, 0.15) is 0 Å². The molecule has 0 heterocycles. The van der Waals surface area contributed by atoms with Gasteiger partial charge in [-0.05, 0) is 6.42 Å². The molecule has 0 aromatic rings. The van der Waals surface area contributed by atoms with Gasteiger partial charge in [-0.25, -0.2) is 0 Å². The third-order valence-corrected chi connectivity index (χ3v) is 1.35. The summed E-state index contributed by atoms with van der Waals surface area (Å²) in [4.78, 5) is 10.1. The van der Waals surface area contributed by atoms with Gasteiger partial charge in [-0.1, -0.05) is 18.6 Å². The zero-order valence-electron chi connectivity index (χ0n) is 8.81. The van der Waals surface area contributed by atoms with Crippen molar-refractivity contribution in [3.05, 3.63) is 0 Å². The van der Waals surface area contributed by atoms with Crippen molar-refractivity contribution in [1.82, 2.24) is 5.23 Å². The average molecular weight is 259 g/mol. The third kappa shape index (κ3) is 10.5. The van der Waals surface area contributed by atoms with Gasteiger partial charge in [-0.2, -0.15) is 0 Å². The summed E-state index contributed by atoms with van der Waals surface area (Å²) in [6.45, 7) is 3.08. The number of nitrogens with zero attached hydrogens (tertiary/aromatic N) is 1. The van der Waals surface area contributed by atoms with E-state index in [4.69, 9.17) is 19.9 Å². The maximum Gasteiger partial charge on any atom is 0.0942 e. The topological polar surface area (TPSA) is 62.2 Å². The number of hydrogen-bond donors (Lipinski definition) is 2. The largest absolute Gasteiger partial charge is 0.394 e. The van der Waals surface area contributed by atoms with Crippen molar-refractivity contribution in [2.24, 2.45) is 0 Å². The summed E-state index contributed by atoms with van der Waals surface area (Å²) in [6, 6.07) is 0. The maximum absolute atomic E-state index is 8.51. The second-order valence-corrected chi connectivity index (χ2v) is 2.52. The Morgan fingerprint density at radius 1 is 1.07 bits per heavy atom. The first-order valence-corrected chi connectivity index (χ1v) is 4.60. The van der Waals surface area contributed by atoms with Gasteiger partial charge in [0.25, 0.3) is 0 Å². The monoisotopic (exact) mass is 257 g/mol. The number of aliphatic hydroxyl groups excluding tert-OH is 2. The van der Waals surface area contributed by atoms with E-state index >= 15 is 0 Å². The number of unbranched alkanes of at least 4 members (excludes halogenated alkanes) is 1. The summed E-state index contributed by atoms with van der Waals surface area (Å²) >= 11 is 0. The van der Waals surface area contributed by atoms with Gasteiger partial charge in [0.05, 0.1) is 33.0 Å². The molecule has 14 heavy (non-hydrogen) atoms. The average Bonchev–Trinajstić information content (AvgIpc) is 2.17. The molecule has 6 heteroatoms. The number of aliphatic hydroxyl groups is 2. The van der Waals surface area contributed by atoms with E-state index in [2.05, 4.69) is 6.92 Å². The summed E-state index contributed by atoms with van der Waals surface area (Å²) in [7, 11) is 0. The van der Waals surface area contributed by atoms with E-state index in [1.165, 1.54) is 5.23 Å². The first kappa shape index (κ1) is 16.8. The Balaban J connectivity index is 0. The van der Waals surface area contributed by atoms with Crippen LogP contribution >= 0.6 is 0 Å². The molecule has 0 fully saturated rings. The van der Waals surface area contributed by atoms with Gasteiger partial charge in [-0.15, -0.1) is 0 Å². The van der Waals surface area contributed by atoms with Crippen molar-refractivity contribution in [2.75, 3.05) is 33.0 Å². The van der Waals surface area contributed by atoms with Crippen molar-refractivity contribution in [2.45, 2.75) is 19.8 Å². The Kier molecular flexibility index (Phi) is 16.1. The van der Waals surface area contributed by atoms with Gasteiger partial charge < -0.3 is 10.2 Å². The van der Waals surface area contributed by atoms with Crippen LogP contribution in [-0.2, 0) is 29.2 Å². The van der Waals surface area contributed by atoms with E-state index in [-0.39, 0.29) is 45.9 Å². The zero-order chi connectivity index (χ0) is 9.94. The molecule has 0 amide bonds. The molecule has 0 aliphatic rings. The molecule has 0 saturated carbocycles. The molecule has 0 unspecified atom stereocenters. The van der Waals surface area contributed by atoms with E-state index in [0.29, 0.717) is 6.54 Å². The molecule has 0 radical (unpaired) electrons. The molecule has 2 N–H and O–H groups in total. The van der Waals surface area contributed by atoms with Crippen LogP contribution in [0.4, 0.5) is 0 Å². The molecule has 82 valence electrons. The first-order valence-electron chi connectivity index (χ1n) is 4.60. The Bertz CT molecular complexity index is 88.3. The fraction of sp³-hybridized carbons (Fsp3) is 1.00. The standard InChI is InChI=1S/C8H19NO4.Zn/c1-2-3-4-9(12-7-5-10)13-8-6-11;/h10-11H,2-8H2,1H3;. The van der Waals surface area contributed by atoms with Crippen molar-refractivity contribution < 1.29 is 39.4 Å². The summed E-state index contributed by atoms with van der Waals surface area (Å²) in [5, 5.41) is 18.3. The van der Waals surface area contributed by atoms with E-state index in [1.54, 1.807) is 0 Å². The predicted octanol–water partition coefficient (Wildman–Crippen LogP) is -0.0662. The zero-order valence-corrected chi connectivity index (χ0v) is 11.8. The Hall–Kier alpha value is 0.423. The molecule has 5 nitrogen and oxygen atoms in total. The smallest absolute Gasteiger partial charge is 0.0942 e. The number of hydrogen-bond acceptors (Lipinski definition) is 5. The Morgan fingerprint density at radius 2 is 1.57 bits per heavy atom. The minimum Gasteiger partial charge on any atom is -0.394 e. The van der Waals surface area contributed by atoms with Crippen LogP contribution in [0, 0.1) is 0 Å². The molecular weight excluding hydrogens is 239 g/mol. The minimum absolute atomic E-state index is 0. The third-order valence-electron chi connectivity index (χ3n) is 1.35. The molecule has 0 aromatic carbocycles. The van der Waals surface area contributed by atoms with Crippen molar-refractivity contribution in [3.8, 4) is 0 Å². The van der Waals surface area contributed by atoms with Crippen LogP contribution in [0.1, 0.15) is 19.8 Å². The fourth-order valence-electron chi connectivity index (χ4n) is 0.739. The van der Waals surface area contributed by atoms with Gasteiger partial charge in [-0.3, -0.25) is 9.68 Å². The fourth-order valence-corrected chi connectivity index (χ4v) is 0.739. The van der Waals surface area contributed by atoms with E-state index in [1.807, 2.05) is 0 Å². The first-order chi connectivity index (χ1) is 6.35. The summed E-state index contributed by atoms with van der Waals surface area (Å²) in [6.07, 6.45) is 2.00. The van der Waals surface area contributed by atoms with Gasteiger partial charge in [0, 0.05) is 19.5 Å². The summed E-state index contributed by atoms with van der Waals surface area (Å²) in [5.41, 5.74) is 0. The van der Waals surface area contributed by atoms with Crippen LogP contribution in [0.2, 0.25) is 0 Å². The van der Waals surface area contributed by atoms with Crippen LogP contribution in [-0.4, -0.2) is 48.4 Å². The summed E-state index contributed by atoms with van der Waals surface area (Å²) < 4.78 is 0. The van der Waals surface area contributed by atoms with Crippen molar-refractivity contribution in [3.63, 3.8) is 0 Å². The summed E-state index contributed by atoms with van der Waals surface area (Å²) in [5.74, 6) is 0. The van der Waals surface area contributed by atoms with Gasteiger partial charge >= 0.3 is 0 Å². The second-order valence-electron chi connectivity index (χ2n) is 2.52. The predicted molar refractivity (Wildman–Crippen MR) is 47.7 cm³/mol. The van der Waals surface area contributed by atoms with Crippen LogP contribution in [0.5, 0.6) is 0 Å². The van der Waals surface area contributed by atoms with Crippen molar-refractivity contribution >= 4 is 0 Å². The second kappa shape index (κ2) is 13.4. The van der Waals surface area contributed by atoms with Crippen LogP contribution < -0.4 is 0 Å². The molecule has 0 spiro atoms. The molecular formula is C8H19NO4Zn. The van der Waals surface area contributed by atoms with Crippen molar-refractivity contribution in [1.29, 1.82) is 0 Å². The molecule has 0 aromatic heterocycles. The maximum atomic E-state index is 8.51. The number of hydroxylamine groups is 2. The molecule has 0 atom stereocenters. The van der Waals surface area contributed by atoms with Crippen LogP contribution in [0.15, 0.2) is 0 Å². The minimum atomic E-state index is -0.0366. The molecule has 0 rings (SSSR count). The van der Waals surface area contributed by atoms with Gasteiger partial charge in [0.15, 0.2) is 0 Å². The quantitative estimate of drug-likeness (QED) is 0.448. The number of rotatable bonds is 9. The van der Waals surface area contributed by atoms with Gasteiger partial charge in [0.2, 0.25) is 0 Å². The van der Waals surface area contributed by atoms with E-state index in [9.17, 15) is 0 Å². The van der Waals surface area contributed by atoms with E-state index in [0.717, 1.165) is 12.8 Å². The molecule has 0 aliphatic heterocycles. The van der Waals surface area contributed by atoms with Crippen LogP contribution in [0.3, 0.4) is 0 Å². The SMILES string of the molecule is CCCCN(OCCO)OCCO.[Zn].